The van der Waals surface area contributed by atoms with Gasteiger partial charge in [-0.3, -0.25) is 14.3 Å². The first-order chi connectivity index (χ1) is 13.7. The Labute approximate surface area is 165 Å². The van der Waals surface area contributed by atoms with Crippen molar-refractivity contribution in [2.45, 2.75) is 64.1 Å². The summed E-state index contributed by atoms with van der Waals surface area (Å²) in [5.41, 5.74) is 2.51. The van der Waals surface area contributed by atoms with Gasteiger partial charge in [0.05, 0.1) is 12.6 Å². The van der Waals surface area contributed by atoms with Crippen LogP contribution >= 0.6 is 0 Å². The van der Waals surface area contributed by atoms with Gasteiger partial charge in [-0.25, -0.2) is 0 Å². The summed E-state index contributed by atoms with van der Waals surface area (Å²) in [7, 11) is 0. The Morgan fingerprint density at radius 1 is 1.14 bits per heavy atom. The second-order valence-corrected chi connectivity index (χ2v) is 8.03. The molecule has 6 heteroatoms. The van der Waals surface area contributed by atoms with Gasteiger partial charge in [0.2, 0.25) is 5.91 Å². The highest BCUT2D eigenvalue weighted by atomic mass is 16.2. The Hall–Kier alpha value is -2.63. The van der Waals surface area contributed by atoms with E-state index in [1.807, 2.05) is 41.1 Å². The lowest BCUT2D eigenvalue weighted by Crippen LogP contribution is -2.36. The smallest absolute Gasteiger partial charge is 0.272 e. The first-order valence-electron chi connectivity index (χ1n) is 10.4. The van der Waals surface area contributed by atoms with Crippen molar-refractivity contribution in [3.05, 3.63) is 53.3 Å². The number of carbonyl (C=O) groups is 2. The van der Waals surface area contributed by atoms with Gasteiger partial charge in [0.1, 0.15) is 5.69 Å². The lowest BCUT2D eigenvalue weighted by atomic mass is 10.0. The molecule has 2 N–H and O–H groups in total. The summed E-state index contributed by atoms with van der Waals surface area (Å²) in [6, 6.07) is 11.7. The topological polar surface area (TPSA) is 76.0 Å². The molecule has 2 heterocycles. The fourth-order valence-corrected chi connectivity index (χ4v) is 4.31. The lowest BCUT2D eigenvalue weighted by molar-refractivity contribution is -0.122. The van der Waals surface area contributed by atoms with Crippen molar-refractivity contribution in [1.29, 1.82) is 0 Å². The summed E-state index contributed by atoms with van der Waals surface area (Å²) in [5.74, 6) is 0.716. The standard InChI is InChI=1S/C22H28N4O2/c27-21(11-10-16-6-4-5-7-16)24-18-12-19-13-20(25-26(19)15-18)22(28)23-14-17-8-2-1-3-9-17/h1-3,8-9,13,16,18H,4-7,10-12,14-15H2,(H,23,28)(H,24,27)/t18-/m0/s1. The van der Waals surface area contributed by atoms with E-state index in [0.29, 0.717) is 25.2 Å². The molecule has 2 aromatic rings. The van der Waals surface area contributed by atoms with E-state index in [-0.39, 0.29) is 17.9 Å². The largest absolute Gasteiger partial charge is 0.351 e. The molecule has 6 nitrogen and oxygen atoms in total. The van der Waals surface area contributed by atoms with Crippen LogP contribution in [0.4, 0.5) is 0 Å². The normalized spacial score (nSPS) is 18.8. The molecule has 0 unspecified atom stereocenters. The van der Waals surface area contributed by atoms with Crippen LogP contribution < -0.4 is 10.6 Å². The quantitative estimate of drug-likeness (QED) is 0.775. The number of amides is 2. The minimum absolute atomic E-state index is 0.0833. The molecule has 0 bridgehead atoms. The highest BCUT2D eigenvalue weighted by molar-refractivity contribution is 5.92. The summed E-state index contributed by atoms with van der Waals surface area (Å²) in [6.45, 7) is 1.12. The van der Waals surface area contributed by atoms with Gasteiger partial charge in [-0.15, -0.1) is 0 Å². The number of rotatable bonds is 7. The molecule has 1 aromatic carbocycles. The molecule has 2 amide bonds. The molecule has 1 fully saturated rings. The van der Waals surface area contributed by atoms with Crippen molar-refractivity contribution < 1.29 is 9.59 Å². The number of hydrogen-bond acceptors (Lipinski definition) is 3. The van der Waals surface area contributed by atoms with Crippen LogP contribution in [0.1, 0.15) is 60.3 Å². The fourth-order valence-electron chi connectivity index (χ4n) is 4.31. The van der Waals surface area contributed by atoms with Crippen molar-refractivity contribution >= 4 is 11.8 Å². The van der Waals surface area contributed by atoms with Gasteiger partial charge in [-0.05, 0) is 24.0 Å². The van der Waals surface area contributed by atoms with Crippen molar-refractivity contribution in [3.63, 3.8) is 0 Å². The highest BCUT2D eigenvalue weighted by Crippen LogP contribution is 2.28. The van der Waals surface area contributed by atoms with E-state index in [2.05, 4.69) is 15.7 Å². The maximum atomic E-state index is 12.3. The number of carbonyl (C=O) groups excluding carboxylic acids is 2. The van der Waals surface area contributed by atoms with Crippen molar-refractivity contribution in [2.24, 2.45) is 5.92 Å². The van der Waals surface area contributed by atoms with Crippen LogP contribution in [0.2, 0.25) is 0 Å². The molecule has 0 radical (unpaired) electrons. The maximum Gasteiger partial charge on any atom is 0.272 e. The van der Waals surface area contributed by atoms with Crippen LogP contribution in [0.3, 0.4) is 0 Å². The SMILES string of the molecule is O=C(CCC1CCCC1)N[C@H]1Cc2cc(C(=O)NCc3ccccc3)nn2C1. The maximum absolute atomic E-state index is 12.3. The average Bonchev–Trinajstić information content (AvgIpc) is 3.42. The highest BCUT2D eigenvalue weighted by Gasteiger charge is 2.26. The van der Waals surface area contributed by atoms with E-state index in [1.54, 1.807) is 0 Å². The Morgan fingerprint density at radius 3 is 2.68 bits per heavy atom. The second kappa shape index (κ2) is 8.59. The van der Waals surface area contributed by atoms with Crippen molar-refractivity contribution in [2.75, 3.05) is 0 Å². The molecule has 2 aliphatic rings. The molecule has 1 atom stereocenters. The summed E-state index contributed by atoms with van der Waals surface area (Å²) in [4.78, 5) is 24.6. The predicted molar refractivity (Wildman–Crippen MR) is 107 cm³/mol. The Morgan fingerprint density at radius 2 is 1.93 bits per heavy atom. The lowest BCUT2D eigenvalue weighted by Gasteiger charge is -2.13. The van der Waals surface area contributed by atoms with Crippen LogP contribution in [0.5, 0.6) is 0 Å². The van der Waals surface area contributed by atoms with Gasteiger partial charge in [0.25, 0.3) is 5.91 Å². The first kappa shape index (κ1) is 18.7. The summed E-state index contributed by atoms with van der Waals surface area (Å²) < 4.78 is 1.85. The van der Waals surface area contributed by atoms with Gasteiger partial charge in [0.15, 0.2) is 0 Å². The molecular formula is C22H28N4O2. The Bertz CT molecular complexity index is 801. The van der Waals surface area contributed by atoms with E-state index in [4.69, 9.17) is 0 Å². The molecule has 1 aliphatic heterocycles. The fraction of sp³-hybridized carbons (Fsp3) is 0.500. The molecule has 1 aromatic heterocycles. The molecular weight excluding hydrogens is 352 g/mol. The minimum Gasteiger partial charge on any atom is -0.351 e. The van der Waals surface area contributed by atoms with E-state index in [1.165, 1.54) is 25.7 Å². The summed E-state index contributed by atoms with van der Waals surface area (Å²) >= 11 is 0. The van der Waals surface area contributed by atoms with Crippen molar-refractivity contribution in [1.82, 2.24) is 20.4 Å². The zero-order valence-corrected chi connectivity index (χ0v) is 16.2. The second-order valence-electron chi connectivity index (χ2n) is 8.03. The van der Waals surface area contributed by atoms with Crippen LogP contribution in [0, 0.1) is 5.92 Å². The Kier molecular flexibility index (Phi) is 5.74. The van der Waals surface area contributed by atoms with E-state index in [0.717, 1.165) is 30.0 Å². The van der Waals surface area contributed by atoms with E-state index in [9.17, 15) is 9.59 Å². The van der Waals surface area contributed by atoms with Gasteiger partial charge < -0.3 is 10.6 Å². The zero-order chi connectivity index (χ0) is 19.3. The molecule has 28 heavy (non-hydrogen) atoms. The number of benzene rings is 1. The van der Waals surface area contributed by atoms with Gasteiger partial charge in [-0.2, -0.15) is 5.10 Å². The van der Waals surface area contributed by atoms with Crippen LogP contribution in [-0.2, 0) is 24.3 Å². The van der Waals surface area contributed by atoms with Crippen LogP contribution in [0.15, 0.2) is 36.4 Å². The molecule has 1 aliphatic carbocycles. The summed E-state index contributed by atoms with van der Waals surface area (Å²) in [5, 5.41) is 10.5. The molecule has 0 spiro atoms. The third kappa shape index (κ3) is 4.61. The number of hydrogen-bond donors (Lipinski definition) is 2. The molecule has 4 rings (SSSR count). The van der Waals surface area contributed by atoms with E-state index >= 15 is 0 Å². The number of aromatic nitrogens is 2. The zero-order valence-electron chi connectivity index (χ0n) is 16.2. The number of nitrogens with one attached hydrogen (secondary N) is 2. The minimum atomic E-state index is -0.164. The van der Waals surface area contributed by atoms with E-state index < -0.39 is 0 Å². The third-order valence-corrected chi connectivity index (χ3v) is 5.86. The number of fused-ring (bicyclic) bond motifs is 1. The predicted octanol–water partition coefficient (Wildman–Crippen LogP) is 2.82. The molecule has 148 valence electrons. The number of nitrogens with zero attached hydrogens (tertiary/aromatic N) is 2. The molecule has 0 saturated heterocycles. The van der Waals surface area contributed by atoms with Gasteiger partial charge >= 0.3 is 0 Å². The van der Waals surface area contributed by atoms with Gasteiger partial charge in [-0.1, -0.05) is 56.0 Å². The summed E-state index contributed by atoms with van der Waals surface area (Å²) in [6.07, 6.45) is 7.55. The van der Waals surface area contributed by atoms with Gasteiger partial charge in [0, 0.05) is 25.1 Å². The van der Waals surface area contributed by atoms with Crippen LogP contribution in [-0.4, -0.2) is 27.6 Å². The average molecular weight is 380 g/mol. The third-order valence-electron chi connectivity index (χ3n) is 5.86. The van der Waals surface area contributed by atoms with Crippen molar-refractivity contribution in [3.8, 4) is 0 Å². The van der Waals surface area contributed by atoms with Crippen LogP contribution in [0.25, 0.3) is 0 Å². The monoisotopic (exact) mass is 380 g/mol. The first-order valence-corrected chi connectivity index (χ1v) is 10.4. The molecule has 1 saturated carbocycles. The Balaban J connectivity index is 1.23.